The van der Waals surface area contributed by atoms with Crippen molar-refractivity contribution in [3.63, 3.8) is 0 Å². The first kappa shape index (κ1) is 20.1. The molecule has 1 saturated heterocycles. The molecular weight excluding hydrogens is 418 g/mol. The molecular formula is C27H23NO5. The maximum atomic E-state index is 13.8. The molecule has 3 aliphatic rings. The van der Waals surface area contributed by atoms with E-state index >= 15 is 0 Å². The van der Waals surface area contributed by atoms with Gasteiger partial charge in [0.25, 0.3) is 0 Å². The first-order valence-corrected chi connectivity index (χ1v) is 11.2. The van der Waals surface area contributed by atoms with Crippen molar-refractivity contribution < 1.29 is 23.9 Å². The second-order valence-corrected chi connectivity index (χ2v) is 9.21. The van der Waals surface area contributed by atoms with Gasteiger partial charge in [-0.3, -0.25) is 14.4 Å². The molecule has 0 spiro atoms. The second-order valence-electron chi connectivity index (χ2n) is 9.21. The van der Waals surface area contributed by atoms with Crippen molar-refractivity contribution >= 4 is 34.0 Å². The molecule has 3 aromatic carbocycles. The van der Waals surface area contributed by atoms with Gasteiger partial charge in [0.1, 0.15) is 6.10 Å². The molecule has 3 aromatic rings. The van der Waals surface area contributed by atoms with E-state index in [1.54, 1.807) is 12.1 Å². The lowest BCUT2D eigenvalue weighted by atomic mass is 9.77. The Hall–Kier alpha value is -3.51. The lowest BCUT2D eigenvalue weighted by Crippen LogP contribution is -2.52. The third-order valence-electron chi connectivity index (χ3n) is 7.04. The summed E-state index contributed by atoms with van der Waals surface area (Å²) in [7, 11) is 0. The fourth-order valence-electron chi connectivity index (χ4n) is 5.60. The van der Waals surface area contributed by atoms with E-state index in [4.69, 9.17) is 9.47 Å². The van der Waals surface area contributed by atoms with Crippen molar-refractivity contribution in [1.82, 2.24) is 0 Å². The van der Waals surface area contributed by atoms with Crippen LogP contribution in [0.4, 0.5) is 5.69 Å². The van der Waals surface area contributed by atoms with Gasteiger partial charge in [-0.15, -0.1) is 0 Å². The van der Waals surface area contributed by atoms with Crippen LogP contribution in [0.15, 0.2) is 42.5 Å². The summed E-state index contributed by atoms with van der Waals surface area (Å²) in [6.07, 6.45) is -0.377. The number of ketones is 2. The van der Waals surface area contributed by atoms with Gasteiger partial charge in [0.15, 0.2) is 11.6 Å². The van der Waals surface area contributed by atoms with Gasteiger partial charge in [0.05, 0.1) is 29.5 Å². The maximum Gasteiger partial charge on any atom is 0.303 e. The molecule has 1 fully saturated rings. The third kappa shape index (κ3) is 2.87. The molecule has 166 valence electrons. The van der Waals surface area contributed by atoms with E-state index in [1.165, 1.54) is 6.92 Å². The molecule has 2 heterocycles. The van der Waals surface area contributed by atoms with Crippen LogP contribution >= 0.6 is 0 Å². The molecule has 2 bridgehead atoms. The predicted octanol–water partition coefficient (Wildman–Crippen LogP) is 4.50. The predicted molar refractivity (Wildman–Crippen MR) is 123 cm³/mol. The summed E-state index contributed by atoms with van der Waals surface area (Å²) in [6, 6.07) is 13.0. The molecule has 4 atom stereocenters. The van der Waals surface area contributed by atoms with Gasteiger partial charge in [-0.05, 0) is 36.8 Å². The highest BCUT2D eigenvalue weighted by Gasteiger charge is 2.45. The summed E-state index contributed by atoms with van der Waals surface area (Å²) in [6.45, 7) is 5.26. The van der Waals surface area contributed by atoms with Gasteiger partial charge in [-0.1, -0.05) is 35.9 Å². The fraction of sp³-hybridized carbons (Fsp3) is 0.296. The van der Waals surface area contributed by atoms with E-state index in [0.717, 1.165) is 21.9 Å². The minimum atomic E-state index is -0.475. The first-order valence-electron chi connectivity index (χ1n) is 11.2. The van der Waals surface area contributed by atoms with Crippen molar-refractivity contribution in [1.29, 1.82) is 0 Å². The third-order valence-corrected chi connectivity index (χ3v) is 7.04. The molecule has 1 aliphatic carbocycles. The number of benzene rings is 3. The topological polar surface area (TPSA) is 81.7 Å². The lowest BCUT2D eigenvalue weighted by molar-refractivity contribution is -0.170. The van der Waals surface area contributed by atoms with Crippen LogP contribution in [-0.4, -0.2) is 35.8 Å². The molecule has 0 radical (unpaired) electrons. The van der Waals surface area contributed by atoms with E-state index in [-0.39, 0.29) is 35.8 Å². The van der Waals surface area contributed by atoms with E-state index in [2.05, 4.69) is 5.32 Å². The number of ether oxygens (including phenoxy) is 2. The molecule has 33 heavy (non-hydrogen) atoms. The molecule has 0 unspecified atom stereocenters. The normalized spacial score (nSPS) is 25.1. The average molecular weight is 441 g/mol. The smallest absolute Gasteiger partial charge is 0.303 e. The Kier molecular flexibility index (Phi) is 4.26. The Bertz CT molecular complexity index is 1390. The quantitative estimate of drug-likeness (QED) is 0.438. The molecule has 1 N–H and O–H groups in total. The molecule has 6 nitrogen and oxygen atoms in total. The van der Waals surface area contributed by atoms with Gasteiger partial charge in [0, 0.05) is 35.6 Å². The number of fused-ring (bicyclic) bond motifs is 9. The van der Waals surface area contributed by atoms with Gasteiger partial charge >= 0.3 is 5.97 Å². The van der Waals surface area contributed by atoms with E-state index < -0.39 is 6.10 Å². The Labute approximate surface area is 190 Å². The number of carbonyl (C=O) groups excluding carboxylic acids is 3. The van der Waals surface area contributed by atoms with Crippen molar-refractivity contribution in [2.75, 3.05) is 5.32 Å². The summed E-state index contributed by atoms with van der Waals surface area (Å²) in [5, 5.41) is 5.17. The van der Waals surface area contributed by atoms with Crippen LogP contribution in [0.3, 0.4) is 0 Å². The summed E-state index contributed by atoms with van der Waals surface area (Å²) >= 11 is 0. The summed E-state index contributed by atoms with van der Waals surface area (Å²) in [4.78, 5) is 39.1. The van der Waals surface area contributed by atoms with Crippen molar-refractivity contribution in [3.8, 4) is 0 Å². The largest absolute Gasteiger partial charge is 0.458 e. The summed E-state index contributed by atoms with van der Waals surface area (Å²) in [5.41, 5.74) is 4.22. The van der Waals surface area contributed by atoms with Crippen LogP contribution in [0.5, 0.6) is 0 Å². The van der Waals surface area contributed by atoms with Crippen LogP contribution in [-0.2, 0) is 14.3 Å². The van der Waals surface area contributed by atoms with Gasteiger partial charge in [-0.2, -0.15) is 0 Å². The van der Waals surface area contributed by atoms with Crippen LogP contribution in [0.1, 0.15) is 69.3 Å². The Morgan fingerprint density at radius 1 is 1.03 bits per heavy atom. The zero-order chi connectivity index (χ0) is 23.0. The van der Waals surface area contributed by atoms with Crippen molar-refractivity contribution in [2.45, 2.75) is 51.5 Å². The molecule has 6 heteroatoms. The fourth-order valence-corrected chi connectivity index (χ4v) is 5.60. The minimum absolute atomic E-state index is 0.153. The molecule has 2 aliphatic heterocycles. The number of rotatable bonds is 1. The van der Waals surface area contributed by atoms with Crippen molar-refractivity contribution in [2.24, 2.45) is 0 Å². The number of hydrogen-bond donors (Lipinski definition) is 1. The van der Waals surface area contributed by atoms with Gasteiger partial charge in [0.2, 0.25) is 0 Å². The second kappa shape index (κ2) is 6.99. The Balaban J connectivity index is 1.51. The average Bonchev–Trinajstić information content (AvgIpc) is 2.78. The monoisotopic (exact) mass is 441 g/mol. The number of carbonyl (C=O) groups is 3. The highest BCUT2D eigenvalue weighted by atomic mass is 16.6. The maximum absolute atomic E-state index is 13.8. The van der Waals surface area contributed by atoms with Crippen molar-refractivity contribution in [3.05, 3.63) is 75.8 Å². The number of anilines is 1. The standard InChI is InChI=1S/C27H23NO5/c1-12-4-6-16-15(10-12)5-7-18-22(16)25(30)19-9-8-17-21-11-20(28-24(17)23(19)26(18)31)27(13(2)32-21)33-14(3)29/h4-10,13,20-21,27-28H,11H2,1-3H3/t13-,20-,21-,27-/m0/s1. The Morgan fingerprint density at radius 2 is 1.76 bits per heavy atom. The minimum Gasteiger partial charge on any atom is -0.458 e. The van der Waals surface area contributed by atoms with E-state index in [1.807, 2.05) is 44.2 Å². The van der Waals surface area contributed by atoms with Gasteiger partial charge < -0.3 is 14.8 Å². The highest BCUT2D eigenvalue weighted by molar-refractivity contribution is 6.33. The van der Waals surface area contributed by atoms with E-state index in [0.29, 0.717) is 34.4 Å². The number of aryl methyl sites for hydroxylation is 1. The molecule has 0 amide bonds. The van der Waals surface area contributed by atoms with Crippen LogP contribution in [0.25, 0.3) is 10.8 Å². The molecule has 0 aromatic heterocycles. The Morgan fingerprint density at radius 3 is 2.55 bits per heavy atom. The summed E-state index contributed by atoms with van der Waals surface area (Å²) in [5.74, 6) is -0.706. The number of hydrogen-bond acceptors (Lipinski definition) is 6. The van der Waals surface area contributed by atoms with Crippen LogP contribution in [0.2, 0.25) is 0 Å². The number of nitrogens with one attached hydrogen (secondary N) is 1. The highest BCUT2D eigenvalue weighted by Crippen LogP contribution is 2.46. The first-order chi connectivity index (χ1) is 15.8. The SMILES string of the molecule is CC(=O)O[C@@H]1[C@@H]2C[C@H](O[C@H]1C)c1ccc3c(c1N2)C(=O)c1ccc2cc(C)ccc2c1C3=O. The molecule has 0 saturated carbocycles. The number of esters is 1. The van der Waals surface area contributed by atoms with Crippen LogP contribution < -0.4 is 5.32 Å². The lowest BCUT2D eigenvalue weighted by Gasteiger charge is -2.45. The zero-order valence-corrected chi connectivity index (χ0v) is 18.6. The molecule has 6 rings (SSSR count). The van der Waals surface area contributed by atoms with Crippen LogP contribution in [0, 0.1) is 6.92 Å². The zero-order valence-electron chi connectivity index (χ0n) is 18.6. The van der Waals surface area contributed by atoms with E-state index in [9.17, 15) is 14.4 Å². The summed E-state index contributed by atoms with van der Waals surface area (Å²) < 4.78 is 11.7. The van der Waals surface area contributed by atoms with Gasteiger partial charge in [-0.25, -0.2) is 0 Å².